The molecule has 2 unspecified atom stereocenters. The molecule has 12 heteroatoms. The summed E-state index contributed by atoms with van der Waals surface area (Å²) in [6, 6.07) is 5.55. The fraction of sp³-hybridized carbons (Fsp3) is 0.286. The molecule has 0 saturated carbocycles. The number of alkyl halides is 2. The molecule has 7 nitrogen and oxygen atoms in total. The fourth-order valence-electron chi connectivity index (χ4n) is 3.27. The Labute approximate surface area is 190 Å². The lowest BCUT2D eigenvalue weighted by atomic mass is 9.98. The van der Waals surface area contributed by atoms with E-state index in [-0.39, 0.29) is 34.9 Å². The zero-order chi connectivity index (χ0) is 24.3. The summed E-state index contributed by atoms with van der Waals surface area (Å²) < 4.78 is 57.1. The number of aliphatic hydroxyl groups is 1. The van der Waals surface area contributed by atoms with Gasteiger partial charge in [0.2, 0.25) is 5.91 Å². The van der Waals surface area contributed by atoms with Crippen LogP contribution in [0.3, 0.4) is 0 Å². The van der Waals surface area contributed by atoms with Crippen LogP contribution in [0.25, 0.3) is 0 Å². The lowest BCUT2D eigenvalue weighted by molar-refractivity contribution is -0.154. The van der Waals surface area contributed by atoms with E-state index in [1.54, 1.807) is 6.07 Å². The smallest absolute Gasteiger partial charge is 0.387 e. The van der Waals surface area contributed by atoms with E-state index in [9.17, 15) is 32.3 Å². The zero-order valence-electron chi connectivity index (χ0n) is 16.7. The summed E-state index contributed by atoms with van der Waals surface area (Å²) in [6.07, 6.45) is -1.58. The highest BCUT2D eigenvalue weighted by Gasteiger charge is 2.40. The normalized spacial score (nSPS) is 16.1. The number of carbonyl (C=O) groups excluding carboxylic acids is 2. The zero-order valence-corrected chi connectivity index (χ0v) is 17.5. The van der Waals surface area contributed by atoms with Crippen molar-refractivity contribution in [3.05, 3.63) is 63.7 Å². The molecule has 33 heavy (non-hydrogen) atoms. The largest absolute Gasteiger partial charge is 0.435 e. The molecule has 1 saturated heterocycles. The van der Waals surface area contributed by atoms with E-state index in [0.29, 0.717) is 0 Å². The first-order chi connectivity index (χ1) is 15.6. The summed E-state index contributed by atoms with van der Waals surface area (Å²) >= 11 is 5.83. The molecule has 1 fully saturated rings. The Hall–Kier alpha value is -3.36. The van der Waals surface area contributed by atoms with Gasteiger partial charge in [0.05, 0.1) is 11.6 Å². The topological polar surface area (TPSA) is 103 Å². The maximum atomic E-state index is 14.0. The summed E-state index contributed by atoms with van der Waals surface area (Å²) in [7, 11) is 0. The molecule has 1 aliphatic rings. The van der Waals surface area contributed by atoms with Gasteiger partial charge in [0.15, 0.2) is 6.10 Å². The number of nitriles is 1. The number of amides is 2. The Morgan fingerprint density at radius 1 is 1.24 bits per heavy atom. The number of halogens is 5. The van der Waals surface area contributed by atoms with Crippen molar-refractivity contribution < 1.29 is 37.0 Å². The van der Waals surface area contributed by atoms with E-state index in [0.717, 1.165) is 29.2 Å². The van der Waals surface area contributed by atoms with Crippen LogP contribution in [-0.2, 0) is 16.1 Å². The van der Waals surface area contributed by atoms with Crippen molar-refractivity contribution in [1.29, 1.82) is 5.26 Å². The van der Waals surface area contributed by atoms with Crippen molar-refractivity contribution in [1.82, 2.24) is 10.2 Å². The van der Waals surface area contributed by atoms with E-state index >= 15 is 0 Å². The minimum absolute atomic E-state index is 0.0561. The second-order valence-electron chi connectivity index (χ2n) is 7.09. The van der Waals surface area contributed by atoms with Crippen molar-refractivity contribution in [2.75, 3.05) is 6.54 Å². The average molecular weight is 486 g/mol. The molecule has 2 N–H and O–H groups in total. The summed E-state index contributed by atoms with van der Waals surface area (Å²) in [6.45, 7) is -3.54. The first-order valence-corrected chi connectivity index (χ1v) is 9.88. The van der Waals surface area contributed by atoms with Crippen molar-refractivity contribution in [3.63, 3.8) is 0 Å². The van der Waals surface area contributed by atoms with Crippen LogP contribution >= 0.6 is 11.6 Å². The standard InChI is InChI=1S/C21H16ClF4N3O4/c22-12-5-11(6-13(7-12)33-21(25)26)18(30)20(32)29-2-1-17(29)19(31)28-9-14-15(23)3-10(8-27)4-16(14)24/h3-7,17-18,21,30H,1-2,9H2,(H,28,31). The monoisotopic (exact) mass is 485 g/mol. The summed E-state index contributed by atoms with van der Waals surface area (Å²) in [5.41, 5.74) is -0.783. The van der Waals surface area contributed by atoms with E-state index in [1.807, 2.05) is 0 Å². The number of rotatable bonds is 7. The molecule has 1 aliphatic heterocycles. The van der Waals surface area contributed by atoms with Gasteiger partial charge in [0.25, 0.3) is 5.91 Å². The highest BCUT2D eigenvalue weighted by atomic mass is 35.5. The van der Waals surface area contributed by atoms with Gasteiger partial charge in [0, 0.05) is 23.7 Å². The predicted octanol–water partition coefficient (Wildman–Crippen LogP) is 3.04. The Morgan fingerprint density at radius 3 is 2.45 bits per heavy atom. The lowest BCUT2D eigenvalue weighted by Gasteiger charge is -2.40. The number of nitrogens with zero attached hydrogens (tertiary/aromatic N) is 2. The van der Waals surface area contributed by atoms with Gasteiger partial charge in [-0.2, -0.15) is 14.0 Å². The Morgan fingerprint density at radius 2 is 1.91 bits per heavy atom. The van der Waals surface area contributed by atoms with Crippen LogP contribution in [0.4, 0.5) is 17.6 Å². The summed E-state index contributed by atoms with van der Waals surface area (Å²) in [4.78, 5) is 26.1. The molecular formula is C21H16ClF4N3O4. The maximum absolute atomic E-state index is 14.0. The fourth-order valence-corrected chi connectivity index (χ4v) is 3.50. The van der Waals surface area contributed by atoms with E-state index in [4.69, 9.17) is 16.9 Å². The van der Waals surface area contributed by atoms with Crippen LogP contribution in [0.1, 0.15) is 29.2 Å². The quantitative estimate of drug-likeness (QED) is 0.587. The van der Waals surface area contributed by atoms with Gasteiger partial charge in [-0.05, 0) is 42.3 Å². The van der Waals surface area contributed by atoms with Crippen LogP contribution in [0.5, 0.6) is 5.75 Å². The number of carbonyl (C=O) groups is 2. The molecule has 1 heterocycles. The Balaban J connectivity index is 1.66. The lowest BCUT2D eigenvalue weighted by Crippen LogP contribution is -2.59. The Kier molecular flexibility index (Phi) is 7.40. The van der Waals surface area contributed by atoms with Crippen molar-refractivity contribution in [2.24, 2.45) is 0 Å². The molecule has 0 bridgehead atoms. The van der Waals surface area contributed by atoms with Crippen LogP contribution in [0.2, 0.25) is 5.02 Å². The average Bonchev–Trinajstić information content (AvgIpc) is 2.70. The molecule has 2 aromatic carbocycles. The number of hydrogen-bond donors (Lipinski definition) is 2. The van der Waals surface area contributed by atoms with Crippen molar-refractivity contribution in [3.8, 4) is 11.8 Å². The third-order valence-corrected chi connectivity index (χ3v) is 5.20. The molecule has 3 rings (SSSR count). The van der Waals surface area contributed by atoms with Gasteiger partial charge in [-0.15, -0.1) is 0 Å². The first kappa shape index (κ1) is 24.3. The van der Waals surface area contributed by atoms with Crippen LogP contribution in [-0.4, -0.2) is 41.0 Å². The highest BCUT2D eigenvalue weighted by Crippen LogP contribution is 2.29. The maximum Gasteiger partial charge on any atom is 0.387 e. The van der Waals surface area contributed by atoms with Gasteiger partial charge in [-0.25, -0.2) is 8.78 Å². The van der Waals surface area contributed by atoms with Crippen LogP contribution < -0.4 is 10.1 Å². The molecule has 2 aromatic rings. The van der Waals surface area contributed by atoms with E-state index in [2.05, 4.69) is 10.1 Å². The third kappa shape index (κ3) is 5.53. The van der Waals surface area contributed by atoms with Crippen LogP contribution in [0, 0.1) is 23.0 Å². The van der Waals surface area contributed by atoms with E-state index < -0.39 is 54.3 Å². The molecular weight excluding hydrogens is 470 g/mol. The second kappa shape index (κ2) is 10.1. The SMILES string of the molecule is N#Cc1cc(F)c(CNC(=O)C2CCN2C(=O)C(O)c2cc(Cl)cc(OC(F)F)c2)c(F)c1. The number of ether oxygens (including phenoxy) is 1. The second-order valence-corrected chi connectivity index (χ2v) is 7.52. The number of likely N-dealkylation sites (tertiary alicyclic amines) is 1. The first-order valence-electron chi connectivity index (χ1n) is 9.50. The molecule has 2 amide bonds. The summed E-state index contributed by atoms with van der Waals surface area (Å²) in [5.74, 6) is -3.97. The third-order valence-electron chi connectivity index (χ3n) is 4.98. The van der Waals surface area contributed by atoms with Crippen molar-refractivity contribution >= 4 is 23.4 Å². The molecule has 0 spiro atoms. The number of hydrogen-bond acceptors (Lipinski definition) is 5. The van der Waals surface area contributed by atoms with Gasteiger partial charge in [-0.1, -0.05) is 11.6 Å². The van der Waals surface area contributed by atoms with Gasteiger partial charge in [0.1, 0.15) is 23.4 Å². The number of aliphatic hydroxyl groups excluding tert-OH is 1. The minimum atomic E-state index is -3.14. The number of nitrogens with one attached hydrogen (secondary N) is 1. The Bertz CT molecular complexity index is 1100. The van der Waals surface area contributed by atoms with Gasteiger partial charge >= 0.3 is 6.61 Å². The predicted molar refractivity (Wildman–Crippen MR) is 106 cm³/mol. The van der Waals surface area contributed by atoms with E-state index in [1.165, 1.54) is 6.07 Å². The van der Waals surface area contributed by atoms with Gasteiger partial charge < -0.3 is 20.1 Å². The van der Waals surface area contributed by atoms with Crippen molar-refractivity contribution in [2.45, 2.75) is 31.7 Å². The molecule has 2 atom stereocenters. The van der Waals surface area contributed by atoms with Crippen LogP contribution in [0.15, 0.2) is 30.3 Å². The molecule has 174 valence electrons. The molecule has 0 radical (unpaired) electrons. The number of benzene rings is 2. The van der Waals surface area contributed by atoms with Gasteiger partial charge in [-0.3, -0.25) is 9.59 Å². The highest BCUT2D eigenvalue weighted by molar-refractivity contribution is 6.30. The molecule has 0 aromatic heterocycles. The summed E-state index contributed by atoms with van der Waals surface area (Å²) in [5, 5.41) is 21.4. The minimum Gasteiger partial charge on any atom is -0.435 e. The molecule has 0 aliphatic carbocycles.